The second-order valence-corrected chi connectivity index (χ2v) is 4.74. The minimum absolute atomic E-state index is 0. The van der Waals surface area contributed by atoms with Gasteiger partial charge in [-0.1, -0.05) is 12.2 Å². The first-order valence-electron chi connectivity index (χ1n) is 3.70. The van der Waals surface area contributed by atoms with E-state index in [1.54, 1.807) is 4.90 Å². The maximum absolute atomic E-state index is 10.3. The van der Waals surface area contributed by atoms with E-state index >= 15 is 0 Å². The van der Waals surface area contributed by atoms with Crippen LogP contribution in [0.4, 0.5) is 0 Å². The van der Waals surface area contributed by atoms with Crippen LogP contribution in [-0.4, -0.2) is 41.7 Å². The summed E-state index contributed by atoms with van der Waals surface area (Å²) < 4.78 is 30.8. The van der Waals surface area contributed by atoms with Crippen LogP contribution in [0.2, 0.25) is 0 Å². The van der Waals surface area contributed by atoms with Gasteiger partial charge in [0.05, 0.1) is 20.9 Å². The Morgan fingerprint density at radius 1 is 1.54 bits per heavy atom. The maximum Gasteiger partial charge on any atom is 1.00 e. The molecule has 0 amide bonds. The molecule has 1 aliphatic heterocycles. The number of hydrogen-bond acceptors (Lipinski definition) is 4. The van der Waals surface area contributed by atoms with Crippen LogP contribution in [0, 0.1) is 0 Å². The molecule has 0 aliphatic carbocycles. The fraction of sp³-hybridized carbons (Fsp3) is 0.833. The molecule has 0 aromatic rings. The Morgan fingerprint density at radius 3 is 2.54 bits per heavy atom. The SMILES string of the molecule is O=S(=O)([O-])CCN1CCCC1=S.[Na+]. The van der Waals surface area contributed by atoms with Crippen LogP contribution in [0.1, 0.15) is 12.8 Å². The summed E-state index contributed by atoms with van der Waals surface area (Å²) in [6.45, 7) is 1.04. The topological polar surface area (TPSA) is 60.4 Å². The van der Waals surface area contributed by atoms with E-state index in [1.807, 2.05) is 0 Å². The Hall–Kier alpha value is 0.800. The van der Waals surface area contributed by atoms with E-state index in [-0.39, 0.29) is 41.9 Å². The molecule has 1 rings (SSSR count). The van der Waals surface area contributed by atoms with Gasteiger partial charge in [0.1, 0.15) is 0 Å². The van der Waals surface area contributed by atoms with Crippen LogP contribution in [0.3, 0.4) is 0 Å². The Bertz CT molecular complexity index is 278. The molecule has 0 radical (unpaired) electrons. The smallest absolute Gasteiger partial charge is 0.748 e. The van der Waals surface area contributed by atoms with E-state index in [0.29, 0.717) is 0 Å². The Balaban J connectivity index is 0.00000144. The summed E-state index contributed by atoms with van der Waals surface area (Å²) in [7, 11) is -4.09. The maximum atomic E-state index is 10.3. The number of likely N-dealkylation sites (tertiary alicyclic amines) is 1. The van der Waals surface area contributed by atoms with Crippen molar-refractivity contribution in [3.63, 3.8) is 0 Å². The average molecular weight is 231 g/mol. The fourth-order valence-electron chi connectivity index (χ4n) is 1.16. The third kappa shape index (κ3) is 5.29. The quantitative estimate of drug-likeness (QED) is 0.293. The number of hydrogen-bond donors (Lipinski definition) is 0. The van der Waals surface area contributed by atoms with Crippen LogP contribution in [0.5, 0.6) is 0 Å². The molecular formula is C6H10NNaO3S2. The van der Waals surface area contributed by atoms with Crippen molar-refractivity contribution in [3.8, 4) is 0 Å². The first-order valence-corrected chi connectivity index (χ1v) is 5.69. The molecule has 0 spiro atoms. The van der Waals surface area contributed by atoms with E-state index < -0.39 is 10.1 Å². The van der Waals surface area contributed by atoms with E-state index in [1.165, 1.54) is 0 Å². The van der Waals surface area contributed by atoms with Crippen molar-refractivity contribution in [3.05, 3.63) is 0 Å². The van der Waals surface area contributed by atoms with Crippen molar-refractivity contribution in [2.24, 2.45) is 0 Å². The van der Waals surface area contributed by atoms with E-state index in [4.69, 9.17) is 12.2 Å². The summed E-state index contributed by atoms with van der Waals surface area (Å²) in [5, 5.41) is 0. The van der Waals surface area contributed by atoms with Crippen LogP contribution in [0.15, 0.2) is 0 Å². The Labute approximate surface area is 106 Å². The zero-order valence-electron chi connectivity index (χ0n) is 7.52. The van der Waals surface area contributed by atoms with Gasteiger partial charge >= 0.3 is 29.6 Å². The van der Waals surface area contributed by atoms with Crippen molar-refractivity contribution >= 4 is 27.3 Å². The van der Waals surface area contributed by atoms with Gasteiger partial charge in [-0.3, -0.25) is 0 Å². The first-order chi connectivity index (χ1) is 5.49. The standard InChI is InChI=1S/C6H11NO3S2.Na/c8-12(9,10)5-4-7-3-1-2-6(7)11;/h1-5H2,(H,8,9,10);/q;+1/p-1. The monoisotopic (exact) mass is 231 g/mol. The van der Waals surface area contributed by atoms with Gasteiger partial charge in [-0.15, -0.1) is 0 Å². The molecule has 4 nitrogen and oxygen atoms in total. The van der Waals surface area contributed by atoms with Crippen molar-refractivity contribution in [2.45, 2.75) is 12.8 Å². The van der Waals surface area contributed by atoms with E-state index in [9.17, 15) is 13.0 Å². The second kappa shape index (κ2) is 5.63. The Kier molecular flexibility index (Phi) is 5.97. The molecular weight excluding hydrogens is 221 g/mol. The van der Waals surface area contributed by atoms with Crippen molar-refractivity contribution < 1.29 is 42.5 Å². The normalized spacial score (nSPS) is 17.3. The molecule has 1 saturated heterocycles. The van der Waals surface area contributed by atoms with Gasteiger partial charge in [-0.2, -0.15) is 0 Å². The average Bonchev–Trinajstić information content (AvgIpc) is 2.29. The van der Waals surface area contributed by atoms with Gasteiger partial charge < -0.3 is 9.45 Å². The van der Waals surface area contributed by atoms with Gasteiger partial charge in [0, 0.05) is 13.1 Å². The number of thiocarbonyl (C=S) groups is 1. The van der Waals surface area contributed by atoms with E-state index in [2.05, 4.69) is 0 Å². The third-order valence-electron chi connectivity index (χ3n) is 1.78. The minimum Gasteiger partial charge on any atom is -0.748 e. The predicted molar refractivity (Wildman–Crippen MR) is 48.0 cm³/mol. The summed E-state index contributed by atoms with van der Waals surface area (Å²) >= 11 is 4.96. The molecule has 7 heteroatoms. The molecule has 0 aromatic heterocycles. The zero-order valence-corrected chi connectivity index (χ0v) is 11.2. The molecule has 70 valence electrons. The number of nitrogens with zero attached hydrogens (tertiary/aromatic N) is 1. The molecule has 0 bridgehead atoms. The summed E-state index contributed by atoms with van der Waals surface area (Å²) in [4.78, 5) is 2.56. The van der Waals surface area contributed by atoms with Crippen LogP contribution in [-0.2, 0) is 10.1 Å². The minimum atomic E-state index is -4.09. The second-order valence-electron chi connectivity index (χ2n) is 2.75. The largest absolute Gasteiger partial charge is 1.00 e. The van der Waals surface area contributed by atoms with Gasteiger partial charge in [0.15, 0.2) is 0 Å². The summed E-state index contributed by atoms with van der Waals surface area (Å²) in [5.41, 5.74) is 0. The van der Waals surface area contributed by atoms with Gasteiger partial charge in [-0.05, 0) is 12.8 Å². The molecule has 1 heterocycles. The van der Waals surface area contributed by atoms with Crippen molar-refractivity contribution in [2.75, 3.05) is 18.8 Å². The summed E-state index contributed by atoms with van der Waals surface area (Å²) in [5.74, 6) is -0.340. The summed E-state index contributed by atoms with van der Waals surface area (Å²) in [6.07, 6.45) is 1.81. The molecule has 0 unspecified atom stereocenters. The molecule has 0 saturated carbocycles. The Morgan fingerprint density at radius 2 is 2.15 bits per heavy atom. The first kappa shape index (κ1) is 13.8. The van der Waals surface area contributed by atoms with Crippen molar-refractivity contribution in [1.82, 2.24) is 4.90 Å². The molecule has 0 atom stereocenters. The zero-order chi connectivity index (χ0) is 9.19. The molecule has 1 aliphatic rings. The van der Waals surface area contributed by atoms with Crippen molar-refractivity contribution in [1.29, 1.82) is 0 Å². The molecule has 0 aromatic carbocycles. The molecule has 0 N–H and O–H groups in total. The third-order valence-corrected chi connectivity index (χ3v) is 2.93. The van der Waals surface area contributed by atoms with E-state index in [0.717, 1.165) is 24.4 Å². The van der Waals surface area contributed by atoms with Gasteiger partial charge in [0.2, 0.25) is 0 Å². The predicted octanol–water partition coefficient (Wildman–Crippen LogP) is -3.04. The van der Waals surface area contributed by atoms with Gasteiger partial charge in [-0.25, -0.2) is 8.42 Å². The van der Waals surface area contributed by atoms with Crippen LogP contribution < -0.4 is 29.6 Å². The molecule has 13 heavy (non-hydrogen) atoms. The number of rotatable bonds is 3. The molecule has 1 fully saturated rings. The van der Waals surface area contributed by atoms with Crippen LogP contribution in [0.25, 0.3) is 0 Å². The fourth-order valence-corrected chi connectivity index (χ4v) is 1.93. The summed E-state index contributed by atoms with van der Waals surface area (Å²) in [6, 6.07) is 0. The van der Waals surface area contributed by atoms with Gasteiger partial charge in [0.25, 0.3) is 0 Å². The van der Waals surface area contributed by atoms with Crippen LogP contribution >= 0.6 is 12.2 Å².